The average Bonchev–Trinajstić information content (AvgIpc) is 2.47. The number of alkyl halides is 3. The number of rotatable bonds is 6. The largest absolute Gasteiger partial charge is 0.497 e. The van der Waals surface area contributed by atoms with Crippen LogP contribution in [0.5, 0.6) is 5.75 Å². The van der Waals surface area contributed by atoms with E-state index >= 15 is 0 Å². The lowest BCUT2D eigenvalue weighted by atomic mass is 10.0. The van der Waals surface area contributed by atoms with Gasteiger partial charge >= 0.3 is 12.1 Å². The summed E-state index contributed by atoms with van der Waals surface area (Å²) in [6.45, 7) is 4.29. The molecule has 1 aromatic rings. The van der Waals surface area contributed by atoms with Gasteiger partial charge in [0.05, 0.1) is 7.11 Å². The zero-order valence-corrected chi connectivity index (χ0v) is 12.3. The van der Waals surface area contributed by atoms with Crippen molar-refractivity contribution in [2.75, 3.05) is 7.11 Å². The van der Waals surface area contributed by atoms with E-state index in [2.05, 4.69) is 12.6 Å². The summed E-state index contributed by atoms with van der Waals surface area (Å²) in [5.74, 6) is -1.88. The van der Waals surface area contributed by atoms with Crippen LogP contribution in [0.2, 0.25) is 0 Å². The number of ether oxygens (including phenoxy) is 1. The van der Waals surface area contributed by atoms with E-state index in [4.69, 9.17) is 20.4 Å². The number of methoxy groups -OCH3 is 1. The van der Waals surface area contributed by atoms with E-state index in [-0.39, 0.29) is 0 Å². The highest BCUT2D eigenvalue weighted by molar-refractivity contribution is 5.73. The molecule has 0 spiro atoms. The van der Waals surface area contributed by atoms with Crippen LogP contribution in [0.25, 0.3) is 0 Å². The van der Waals surface area contributed by atoms with Crippen molar-refractivity contribution in [2.24, 2.45) is 5.73 Å². The number of carboxylic acids is 1. The Bertz CT molecular complexity index is 487. The summed E-state index contributed by atoms with van der Waals surface area (Å²) in [4.78, 5) is 8.90. The van der Waals surface area contributed by atoms with Gasteiger partial charge in [-0.15, -0.1) is 6.58 Å². The second-order valence-corrected chi connectivity index (χ2v) is 4.32. The van der Waals surface area contributed by atoms with E-state index in [1.54, 1.807) is 7.11 Å². The first kappa shape index (κ1) is 20.0. The van der Waals surface area contributed by atoms with Crippen LogP contribution in [0.1, 0.15) is 24.0 Å². The summed E-state index contributed by atoms with van der Waals surface area (Å²) >= 11 is 0. The second-order valence-electron chi connectivity index (χ2n) is 4.32. The number of allylic oxidation sites excluding steroid dienone is 1. The lowest BCUT2D eigenvalue weighted by molar-refractivity contribution is -0.192. The Balaban J connectivity index is 0.000000534. The topological polar surface area (TPSA) is 72.5 Å². The highest BCUT2D eigenvalue weighted by atomic mass is 19.4. The van der Waals surface area contributed by atoms with Gasteiger partial charge < -0.3 is 15.6 Å². The number of carboxylic acid groups (broad SMARTS) is 1. The predicted octanol–water partition coefficient (Wildman–Crippen LogP) is 3.30. The molecule has 7 heteroatoms. The molecule has 0 radical (unpaired) electrons. The van der Waals surface area contributed by atoms with Gasteiger partial charge in [-0.25, -0.2) is 4.79 Å². The van der Waals surface area contributed by atoms with Crippen molar-refractivity contribution in [3.8, 4) is 5.75 Å². The van der Waals surface area contributed by atoms with Gasteiger partial charge in [-0.2, -0.15) is 13.2 Å². The highest BCUT2D eigenvalue weighted by Crippen LogP contribution is 2.19. The zero-order chi connectivity index (χ0) is 17.2. The van der Waals surface area contributed by atoms with Gasteiger partial charge in [-0.3, -0.25) is 0 Å². The number of nitrogens with two attached hydrogens (primary N) is 1. The molecule has 0 saturated carbocycles. The van der Waals surface area contributed by atoms with Gasteiger partial charge in [0.2, 0.25) is 0 Å². The summed E-state index contributed by atoms with van der Waals surface area (Å²) < 4.78 is 36.9. The summed E-state index contributed by atoms with van der Waals surface area (Å²) in [5, 5.41) is 7.12. The molecule has 0 bridgehead atoms. The summed E-state index contributed by atoms with van der Waals surface area (Å²) in [6, 6.07) is 6.11. The fraction of sp³-hybridized carbons (Fsp3) is 0.400. The number of hydrogen-bond donors (Lipinski definition) is 2. The predicted molar refractivity (Wildman–Crippen MR) is 77.7 cm³/mol. The maximum atomic E-state index is 10.6. The third-order valence-electron chi connectivity index (χ3n) is 2.73. The van der Waals surface area contributed by atoms with Crippen molar-refractivity contribution in [2.45, 2.75) is 32.0 Å². The minimum atomic E-state index is -5.08. The number of hydrogen-bond acceptors (Lipinski definition) is 3. The van der Waals surface area contributed by atoms with Crippen molar-refractivity contribution >= 4 is 5.97 Å². The number of unbranched alkanes of at least 4 members (excludes halogenated alkanes) is 1. The van der Waals surface area contributed by atoms with Gasteiger partial charge in [0.15, 0.2) is 0 Å². The third kappa shape index (κ3) is 7.68. The molecule has 1 aromatic carbocycles. The van der Waals surface area contributed by atoms with Crippen LogP contribution < -0.4 is 10.5 Å². The Morgan fingerprint density at radius 1 is 1.41 bits per heavy atom. The molecule has 22 heavy (non-hydrogen) atoms. The molecule has 0 aromatic heterocycles. The number of carbonyl (C=O) groups is 1. The van der Waals surface area contributed by atoms with Gasteiger partial charge in [-0.05, 0) is 42.5 Å². The summed E-state index contributed by atoms with van der Waals surface area (Å²) in [7, 11) is 1.67. The van der Waals surface area contributed by atoms with Crippen LogP contribution in [0, 0.1) is 0 Å². The Kier molecular flexibility index (Phi) is 8.93. The lowest BCUT2D eigenvalue weighted by Gasteiger charge is -2.09. The van der Waals surface area contributed by atoms with Gasteiger partial charge in [0, 0.05) is 6.54 Å². The fourth-order valence-electron chi connectivity index (χ4n) is 1.60. The summed E-state index contributed by atoms with van der Waals surface area (Å²) in [6.07, 6.45) is 0.104. The molecule has 0 saturated heterocycles. The minimum Gasteiger partial charge on any atom is -0.497 e. The third-order valence-corrected chi connectivity index (χ3v) is 2.73. The van der Waals surface area contributed by atoms with Gasteiger partial charge in [0.25, 0.3) is 0 Å². The number of halogens is 3. The number of benzene rings is 1. The van der Waals surface area contributed by atoms with Crippen molar-refractivity contribution in [1.82, 2.24) is 0 Å². The number of aryl methyl sites for hydroxylation is 1. The SMILES string of the molecule is C=CCCCc1ccc(OC)cc1CN.O=C(O)C(F)(F)F. The molecule has 0 unspecified atom stereocenters. The highest BCUT2D eigenvalue weighted by Gasteiger charge is 2.38. The Morgan fingerprint density at radius 2 is 2.00 bits per heavy atom. The van der Waals surface area contributed by atoms with E-state index in [0.717, 1.165) is 25.0 Å². The minimum absolute atomic E-state index is 0.570. The molecule has 0 fully saturated rings. The first-order chi connectivity index (χ1) is 10.3. The Morgan fingerprint density at radius 3 is 2.41 bits per heavy atom. The van der Waals surface area contributed by atoms with Crippen LogP contribution >= 0.6 is 0 Å². The molecular formula is C15H20F3NO3. The first-order valence-corrected chi connectivity index (χ1v) is 6.53. The van der Waals surface area contributed by atoms with Crippen LogP contribution in [0.15, 0.2) is 30.9 Å². The first-order valence-electron chi connectivity index (χ1n) is 6.53. The van der Waals surface area contributed by atoms with Crippen molar-refractivity contribution < 1.29 is 27.8 Å². The van der Waals surface area contributed by atoms with Crippen molar-refractivity contribution in [3.05, 3.63) is 42.0 Å². The van der Waals surface area contributed by atoms with Crippen LogP contribution in [-0.2, 0) is 17.8 Å². The molecule has 0 aliphatic rings. The summed E-state index contributed by atoms with van der Waals surface area (Å²) in [5.41, 5.74) is 8.20. The van der Waals surface area contributed by atoms with E-state index in [9.17, 15) is 13.2 Å². The van der Waals surface area contributed by atoms with Crippen LogP contribution in [0.4, 0.5) is 13.2 Å². The smallest absolute Gasteiger partial charge is 0.490 e. The molecule has 0 aliphatic heterocycles. The maximum absolute atomic E-state index is 10.6. The lowest BCUT2D eigenvalue weighted by Crippen LogP contribution is -2.21. The molecular weight excluding hydrogens is 299 g/mol. The zero-order valence-electron chi connectivity index (χ0n) is 12.3. The standard InChI is InChI=1S/C13H19NO.C2HF3O2/c1-3-4-5-6-11-7-8-13(15-2)9-12(11)10-14;3-2(4,5)1(6)7/h3,7-9H,1,4-6,10,14H2,2H3;(H,6,7). The van der Waals surface area contributed by atoms with Gasteiger partial charge in [-0.1, -0.05) is 12.1 Å². The quantitative estimate of drug-likeness (QED) is 0.623. The second kappa shape index (κ2) is 9.83. The molecule has 1 rings (SSSR count). The van der Waals surface area contributed by atoms with E-state index in [0.29, 0.717) is 6.54 Å². The van der Waals surface area contributed by atoms with Crippen molar-refractivity contribution in [3.63, 3.8) is 0 Å². The maximum Gasteiger partial charge on any atom is 0.490 e. The van der Waals surface area contributed by atoms with Gasteiger partial charge in [0.1, 0.15) is 5.75 Å². The van der Waals surface area contributed by atoms with E-state index < -0.39 is 12.1 Å². The molecule has 4 nitrogen and oxygen atoms in total. The van der Waals surface area contributed by atoms with Crippen molar-refractivity contribution in [1.29, 1.82) is 0 Å². The Labute approximate surface area is 127 Å². The van der Waals surface area contributed by atoms with E-state index in [1.807, 2.05) is 18.2 Å². The average molecular weight is 319 g/mol. The molecule has 0 atom stereocenters. The molecule has 0 heterocycles. The monoisotopic (exact) mass is 319 g/mol. The molecule has 3 N–H and O–H groups in total. The molecule has 0 amide bonds. The van der Waals surface area contributed by atoms with E-state index in [1.165, 1.54) is 11.1 Å². The normalized spacial score (nSPS) is 10.4. The van der Waals surface area contributed by atoms with Crippen LogP contribution in [0.3, 0.4) is 0 Å². The fourth-order valence-corrected chi connectivity index (χ4v) is 1.60. The Hall–Kier alpha value is -2.02. The molecule has 0 aliphatic carbocycles. The van der Waals surface area contributed by atoms with Crippen LogP contribution in [-0.4, -0.2) is 24.4 Å². The molecule has 124 valence electrons. The number of aliphatic carboxylic acids is 1.